The fraction of sp³-hybridized carbons (Fsp3) is 0.286. The summed E-state index contributed by atoms with van der Waals surface area (Å²) < 4.78 is 1.84. The van der Waals surface area contributed by atoms with E-state index >= 15 is 0 Å². The number of hydrogen-bond acceptors (Lipinski definition) is 3. The van der Waals surface area contributed by atoms with Crippen molar-refractivity contribution in [3.8, 4) is 5.69 Å². The number of nitrogens with two attached hydrogens (primary N) is 1. The van der Waals surface area contributed by atoms with Crippen LogP contribution in [0.4, 0.5) is 0 Å². The van der Waals surface area contributed by atoms with Crippen LogP contribution in [-0.2, 0) is 12.8 Å². The van der Waals surface area contributed by atoms with E-state index in [-0.39, 0.29) is 5.84 Å². The zero-order valence-electron chi connectivity index (χ0n) is 11.5. The minimum Gasteiger partial charge on any atom is -0.409 e. The first kappa shape index (κ1) is 14.4. The van der Waals surface area contributed by atoms with Crippen LogP contribution in [0.15, 0.2) is 29.4 Å². The molecule has 0 amide bonds. The summed E-state index contributed by atoms with van der Waals surface area (Å²) in [6.45, 7) is 4.14. The van der Waals surface area contributed by atoms with Gasteiger partial charge in [0.05, 0.1) is 16.4 Å². The molecule has 3 N–H and O–H groups in total. The zero-order valence-corrected chi connectivity index (χ0v) is 12.2. The predicted molar refractivity (Wildman–Crippen MR) is 79.8 cm³/mol. The lowest BCUT2D eigenvalue weighted by Gasteiger charge is -2.09. The van der Waals surface area contributed by atoms with Gasteiger partial charge in [-0.1, -0.05) is 30.6 Å². The van der Waals surface area contributed by atoms with Crippen LogP contribution in [0, 0.1) is 0 Å². The monoisotopic (exact) mass is 292 g/mol. The molecule has 0 fully saturated rings. The molecule has 0 spiro atoms. The second-order valence-corrected chi connectivity index (χ2v) is 4.80. The highest BCUT2D eigenvalue weighted by atomic mass is 35.5. The lowest BCUT2D eigenvalue weighted by atomic mass is 10.2. The molecule has 1 heterocycles. The Morgan fingerprint density at radius 2 is 2.10 bits per heavy atom. The molecule has 0 atom stereocenters. The first-order valence-corrected chi connectivity index (χ1v) is 6.84. The van der Waals surface area contributed by atoms with Gasteiger partial charge in [0.2, 0.25) is 0 Å². The van der Waals surface area contributed by atoms with Crippen molar-refractivity contribution >= 4 is 17.4 Å². The molecule has 0 radical (unpaired) electrons. The number of aromatic nitrogens is 2. The number of hydrogen-bond donors (Lipinski definition) is 2. The summed E-state index contributed by atoms with van der Waals surface area (Å²) in [4.78, 5) is 0. The van der Waals surface area contributed by atoms with Crippen molar-refractivity contribution in [2.75, 3.05) is 0 Å². The van der Waals surface area contributed by atoms with E-state index in [1.54, 1.807) is 12.1 Å². The van der Waals surface area contributed by atoms with Crippen molar-refractivity contribution in [1.82, 2.24) is 9.78 Å². The minimum absolute atomic E-state index is 0.0314. The highest BCUT2D eigenvalue weighted by Gasteiger charge is 2.12. The SMILES string of the molecule is CCc1cc(CC)n(-c2ccc(/C(N)=N/O)cc2Cl)n1. The number of oxime groups is 1. The van der Waals surface area contributed by atoms with E-state index in [2.05, 4.69) is 30.2 Å². The number of amidine groups is 1. The van der Waals surface area contributed by atoms with E-state index in [4.69, 9.17) is 22.5 Å². The number of rotatable bonds is 4. The van der Waals surface area contributed by atoms with E-state index in [0.717, 1.165) is 29.9 Å². The maximum atomic E-state index is 8.69. The maximum Gasteiger partial charge on any atom is 0.170 e. The summed E-state index contributed by atoms with van der Waals surface area (Å²) in [7, 11) is 0. The summed E-state index contributed by atoms with van der Waals surface area (Å²) in [6, 6.07) is 7.32. The van der Waals surface area contributed by atoms with Gasteiger partial charge in [0, 0.05) is 11.3 Å². The predicted octanol–water partition coefficient (Wildman–Crippen LogP) is 2.75. The van der Waals surface area contributed by atoms with Crippen molar-refractivity contribution in [2.45, 2.75) is 26.7 Å². The molecule has 1 aromatic carbocycles. The van der Waals surface area contributed by atoms with Gasteiger partial charge in [0.25, 0.3) is 0 Å². The van der Waals surface area contributed by atoms with Crippen LogP contribution in [0.2, 0.25) is 5.02 Å². The molecule has 2 aromatic rings. The van der Waals surface area contributed by atoms with Gasteiger partial charge in [-0.05, 0) is 37.1 Å². The summed E-state index contributed by atoms with van der Waals surface area (Å²) in [5.41, 5.74) is 9.04. The van der Waals surface area contributed by atoms with Gasteiger partial charge in [-0.3, -0.25) is 0 Å². The number of halogens is 1. The quantitative estimate of drug-likeness (QED) is 0.394. The van der Waals surface area contributed by atoms with Crippen LogP contribution < -0.4 is 5.73 Å². The van der Waals surface area contributed by atoms with E-state index in [1.807, 2.05) is 10.7 Å². The van der Waals surface area contributed by atoms with Crippen LogP contribution in [0.1, 0.15) is 30.8 Å². The summed E-state index contributed by atoms with van der Waals surface area (Å²) in [6.07, 6.45) is 1.74. The first-order chi connectivity index (χ1) is 9.60. The number of benzene rings is 1. The number of nitrogens with zero attached hydrogens (tertiary/aromatic N) is 3. The molecule has 106 valence electrons. The zero-order chi connectivity index (χ0) is 14.7. The van der Waals surface area contributed by atoms with Gasteiger partial charge in [0.15, 0.2) is 5.84 Å². The molecule has 0 unspecified atom stereocenters. The van der Waals surface area contributed by atoms with Crippen molar-refractivity contribution < 1.29 is 5.21 Å². The van der Waals surface area contributed by atoms with Crippen LogP contribution in [0.25, 0.3) is 5.69 Å². The van der Waals surface area contributed by atoms with Crippen LogP contribution in [0.3, 0.4) is 0 Å². The molecule has 20 heavy (non-hydrogen) atoms. The van der Waals surface area contributed by atoms with E-state index < -0.39 is 0 Å². The fourth-order valence-electron chi connectivity index (χ4n) is 2.00. The first-order valence-electron chi connectivity index (χ1n) is 6.46. The Hall–Kier alpha value is -2.01. The Labute approximate surface area is 122 Å². The molecule has 0 saturated carbocycles. The van der Waals surface area contributed by atoms with Crippen LogP contribution in [0.5, 0.6) is 0 Å². The molecule has 0 aliphatic carbocycles. The fourth-order valence-corrected chi connectivity index (χ4v) is 2.26. The van der Waals surface area contributed by atoms with Crippen LogP contribution >= 0.6 is 11.6 Å². The molecule has 2 rings (SSSR count). The Balaban J connectivity index is 2.51. The van der Waals surface area contributed by atoms with E-state index in [0.29, 0.717) is 10.6 Å². The van der Waals surface area contributed by atoms with Crippen molar-refractivity contribution in [3.63, 3.8) is 0 Å². The van der Waals surface area contributed by atoms with Gasteiger partial charge in [-0.2, -0.15) is 5.10 Å². The summed E-state index contributed by atoms with van der Waals surface area (Å²) in [5.74, 6) is 0.0314. The summed E-state index contributed by atoms with van der Waals surface area (Å²) >= 11 is 6.29. The smallest absolute Gasteiger partial charge is 0.170 e. The van der Waals surface area contributed by atoms with E-state index in [1.165, 1.54) is 0 Å². The third-order valence-corrected chi connectivity index (χ3v) is 3.44. The van der Waals surface area contributed by atoms with Crippen LogP contribution in [-0.4, -0.2) is 20.8 Å². The standard InChI is InChI=1S/C14H17ClN4O/c1-3-10-8-11(4-2)19(17-10)13-6-5-9(7-12(13)15)14(16)18-20/h5-8,20H,3-4H2,1-2H3,(H2,16,18). The molecule has 0 aliphatic rings. The minimum atomic E-state index is 0.0314. The van der Waals surface area contributed by atoms with Gasteiger partial charge >= 0.3 is 0 Å². The lowest BCUT2D eigenvalue weighted by Crippen LogP contribution is -2.13. The van der Waals surface area contributed by atoms with Gasteiger partial charge in [-0.25, -0.2) is 4.68 Å². The number of aryl methyl sites for hydroxylation is 2. The van der Waals surface area contributed by atoms with Gasteiger partial charge in [0.1, 0.15) is 0 Å². The highest BCUT2D eigenvalue weighted by molar-refractivity contribution is 6.32. The topological polar surface area (TPSA) is 76.4 Å². The Morgan fingerprint density at radius 3 is 2.65 bits per heavy atom. The molecular weight excluding hydrogens is 276 g/mol. The molecule has 5 nitrogen and oxygen atoms in total. The maximum absolute atomic E-state index is 8.69. The Bertz CT molecular complexity index is 649. The second kappa shape index (κ2) is 5.96. The molecule has 0 bridgehead atoms. The molecule has 0 aliphatic heterocycles. The van der Waals surface area contributed by atoms with Gasteiger partial charge < -0.3 is 10.9 Å². The Morgan fingerprint density at radius 1 is 1.35 bits per heavy atom. The Kier molecular flexibility index (Phi) is 4.29. The lowest BCUT2D eigenvalue weighted by molar-refractivity contribution is 0.318. The average Bonchev–Trinajstić information content (AvgIpc) is 2.89. The summed E-state index contributed by atoms with van der Waals surface area (Å²) in [5, 5.41) is 16.7. The molecule has 6 heteroatoms. The molecule has 0 saturated heterocycles. The van der Waals surface area contributed by atoms with E-state index in [9.17, 15) is 0 Å². The largest absolute Gasteiger partial charge is 0.409 e. The highest BCUT2D eigenvalue weighted by Crippen LogP contribution is 2.24. The third-order valence-electron chi connectivity index (χ3n) is 3.14. The van der Waals surface area contributed by atoms with Crippen molar-refractivity contribution in [1.29, 1.82) is 0 Å². The van der Waals surface area contributed by atoms with Crippen molar-refractivity contribution in [3.05, 3.63) is 46.2 Å². The normalized spacial score (nSPS) is 11.8. The van der Waals surface area contributed by atoms with Crippen molar-refractivity contribution in [2.24, 2.45) is 10.9 Å². The molecular formula is C14H17ClN4O. The van der Waals surface area contributed by atoms with Gasteiger partial charge in [-0.15, -0.1) is 0 Å². The second-order valence-electron chi connectivity index (χ2n) is 4.40. The molecule has 1 aromatic heterocycles. The average molecular weight is 293 g/mol. The third kappa shape index (κ3) is 2.63.